The fraction of sp³-hybridized carbons (Fsp3) is 0.611. The summed E-state index contributed by atoms with van der Waals surface area (Å²) in [6.07, 6.45) is 10.9. The van der Waals surface area contributed by atoms with Gasteiger partial charge in [-0.3, -0.25) is 14.9 Å². The van der Waals surface area contributed by atoms with E-state index in [1.807, 2.05) is 0 Å². The number of amides is 1. The Morgan fingerprint density at radius 2 is 1.67 bits per heavy atom. The molecule has 134 valence electrons. The Hall–Kier alpha value is -1.62. The van der Waals surface area contributed by atoms with Crippen molar-refractivity contribution in [3.05, 3.63) is 38.9 Å². The maximum atomic E-state index is 12.1. The summed E-state index contributed by atoms with van der Waals surface area (Å²) in [6, 6.07) is 4.09. The van der Waals surface area contributed by atoms with E-state index < -0.39 is 10.8 Å². The topological polar surface area (TPSA) is 72.2 Å². The van der Waals surface area contributed by atoms with E-state index in [9.17, 15) is 14.9 Å². The van der Waals surface area contributed by atoms with Gasteiger partial charge in [-0.15, -0.1) is 0 Å². The van der Waals surface area contributed by atoms with Gasteiger partial charge in [0.25, 0.3) is 11.6 Å². The number of carbonyl (C=O) groups excluding carboxylic acids is 1. The van der Waals surface area contributed by atoms with Crippen molar-refractivity contribution >= 4 is 23.2 Å². The summed E-state index contributed by atoms with van der Waals surface area (Å²) in [7, 11) is 0. The van der Waals surface area contributed by atoms with Crippen LogP contribution in [-0.2, 0) is 0 Å². The second-order valence-corrected chi connectivity index (χ2v) is 6.44. The number of carbonyl (C=O) groups is 1. The first-order valence-corrected chi connectivity index (χ1v) is 9.16. The lowest BCUT2D eigenvalue weighted by molar-refractivity contribution is -0.385. The highest BCUT2D eigenvalue weighted by Gasteiger charge is 2.19. The fourth-order valence-electron chi connectivity index (χ4n) is 2.58. The molecule has 6 heteroatoms. The van der Waals surface area contributed by atoms with E-state index in [1.54, 1.807) is 0 Å². The average Bonchev–Trinajstić information content (AvgIpc) is 2.56. The van der Waals surface area contributed by atoms with Crippen LogP contribution >= 0.6 is 11.6 Å². The first-order chi connectivity index (χ1) is 11.6. The van der Waals surface area contributed by atoms with Gasteiger partial charge in [-0.25, -0.2) is 0 Å². The Morgan fingerprint density at radius 1 is 1.08 bits per heavy atom. The molecule has 1 aromatic rings. The summed E-state index contributed by atoms with van der Waals surface area (Å²) in [6.45, 7) is 2.75. The Balaban J connectivity index is 2.22. The quantitative estimate of drug-likeness (QED) is 0.305. The van der Waals surface area contributed by atoms with Crippen molar-refractivity contribution < 1.29 is 9.72 Å². The molecule has 0 aromatic heterocycles. The minimum absolute atomic E-state index is 0.0559. The van der Waals surface area contributed by atoms with Crippen LogP contribution in [0.1, 0.15) is 75.1 Å². The van der Waals surface area contributed by atoms with Crippen LogP contribution in [0.25, 0.3) is 0 Å². The number of hydrogen-bond donors (Lipinski definition) is 1. The fourth-order valence-corrected chi connectivity index (χ4v) is 2.75. The molecule has 0 heterocycles. The highest BCUT2D eigenvalue weighted by atomic mass is 35.5. The number of hydrogen-bond acceptors (Lipinski definition) is 3. The standard InChI is InChI=1S/C18H27ClN2O3/c1-2-3-4-5-6-7-8-9-10-13-20-18(22)16-12-11-15(19)14-17(16)21(23)24/h11-12,14H,2-10,13H2,1H3,(H,20,22). The molecule has 5 nitrogen and oxygen atoms in total. The van der Waals surface area contributed by atoms with Gasteiger partial charge in [0, 0.05) is 17.6 Å². The van der Waals surface area contributed by atoms with Crippen molar-refractivity contribution in [1.29, 1.82) is 0 Å². The summed E-state index contributed by atoms with van der Waals surface area (Å²) in [5.74, 6) is -0.419. The largest absolute Gasteiger partial charge is 0.352 e. The molecular formula is C18H27ClN2O3. The normalized spacial score (nSPS) is 10.6. The molecule has 0 aliphatic carbocycles. The highest BCUT2D eigenvalue weighted by molar-refractivity contribution is 6.31. The van der Waals surface area contributed by atoms with Crippen molar-refractivity contribution in [3.63, 3.8) is 0 Å². The third-order valence-corrected chi connectivity index (χ3v) is 4.20. The summed E-state index contributed by atoms with van der Waals surface area (Å²) in [4.78, 5) is 22.5. The number of nitro groups is 1. The van der Waals surface area contributed by atoms with Crippen LogP contribution in [0, 0.1) is 10.1 Å². The number of nitro benzene ring substituents is 1. The molecule has 1 amide bonds. The molecule has 0 aliphatic heterocycles. The minimum atomic E-state index is -0.584. The molecule has 0 radical (unpaired) electrons. The minimum Gasteiger partial charge on any atom is -0.352 e. The Morgan fingerprint density at radius 3 is 2.25 bits per heavy atom. The van der Waals surface area contributed by atoms with Crippen molar-refractivity contribution in [2.24, 2.45) is 0 Å². The molecule has 0 unspecified atom stereocenters. The Bertz CT molecular complexity index is 535. The monoisotopic (exact) mass is 354 g/mol. The zero-order valence-electron chi connectivity index (χ0n) is 14.4. The molecular weight excluding hydrogens is 328 g/mol. The number of nitrogens with zero attached hydrogens (tertiary/aromatic N) is 1. The molecule has 24 heavy (non-hydrogen) atoms. The summed E-state index contributed by atoms with van der Waals surface area (Å²) >= 11 is 5.74. The molecule has 1 rings (SSSR count). The Labute approximate surface area is 148 Å². The van der Waals surface area contributed by atoms with Crippen molar-refractivity contribution in [1.82, 2.24) is 5.32 Å². The molecule has 1 aromatic carbocycles. The third-order valence-electron chi connectivity index (χ3n) is 3.97. The molecule has 0 aliphatic rings. The van der Waals surface area contributed by atoms with E-state index in [-0.39, 0.29) is 16.3 Å². The van der Waals surface area contributed by atoms with Crippen molar-refractivity contribution in [2.75, 3.05) is 6.54 Å². The first-order valence-electron chi connectivity index (χ1n) is 8.78. The Kier molecular flexibility index (Phi) is 10.1. The number of unbranched alkanes of at least 4 members (excludes halogenated alkanes) is 8. The summed E-state index contributed by atoms with van der Waals surface area (Å²) in [5.41, 5.74) is -0.201. The number of halogens is 1. The number of benzene rings is 1. The van der Waals surface area contributed by atoms with Gasteiger partial charge in [-0.2, -0.15) is 0 Å². The zero-order chi connectivity index (χ0) is 17.8. The van der Waals surface area contributed by atoms with Crippen LogP contribution in [0.4, 0.5) is 5.69 Å². The maximum Gasteiger partial charge on any atom is 0.283 e. The highest BCUT2D eigenvalue weighted by Crippen LogP contribution is 2.23. The van der Waals surface area contributed by atoms with E-state index in [2.05, 4.69) is 12.2 Å². The van der Waals surface area contributed by atoms with Crippen molar-refractivity contribution in [3.8, 4) is 0 Å². The average molecular weight is 355 g/mol. The summed E-state index contributed by atoms with van der Waals surface area (Å²) < 4.78 is 0. The van der Waals surface area contributed by atoms with Gasteiger partial charge in [-0.1, -0.05) is 69.9 Å². The van der Waals surface area contributed by atoms with Crippen molar-refractivity contribution in [2.45, 2.75) is 64.7 Å². The van der Waals surface area contributed by atoms with Gasteiger partial charge in [0.05, 0.1) is 4.92 Å². The third kappa shape index (κ3) is 7.77. The van der Waals surface area contributed by atoms with Crippen LogP contribution in [-0.4, -0.2) is 17.4 Å². The van der Waals surface area contributed by atoms with E-state index in [0.29, 0.717) is 6.54 Å². The zero-order valence-corrected chi connectivity index (χ0v) is 15.1. The van der Waals surface area contributed by atoms with Gasteiger partial charge in [-0.05, 0) is 18.6 Å². The predicted octanol–water partition coefficient (Wildman–Crippen LogP) is 5.51. The predicted molar refractivity (Wildman–Crippen MR) is 97.7 cm³/mol. The summed E-state index contributed by atoms with van der Waals surface area (Å²) in [5, 5.41) is 14.0. The van der Waals surface area contributed by atoms with E-state index in [0.717, 1.165) is 12.8 Å². The SMILES string of the molecule is CCCCCCCCCCCNC(=O)c1ccc(Cl)cc1[N+](=O)[O-]. The van der Waals surface area contributed by atoms with Gasteiger partial charge in [0.1, 0.15) is 5.56 Å². The molecule has 0 fully saturated rings. The molecule has 0 saturated heterocycles. The molecule has 0 saturated carbocycles. The number of nitrogens with one attached hydrogen (secondary N) is 1. The van der Waals surface area contributed by atoms with Gasteiger partial charge in [0.15, 0.2) is 0 Å². The molecule has 0 bridgehead atoms. The first kappa shape index (κ1) is 20.4. The number of rotatable bonds is 12. The maximum absolute atomic E-state index is 12.1. The molecule has 0 atom stereocenters. The van der Waals surface area contributed by atoms with Crippen LogP contribution in [0.3, 0.4) is 0 Å². The van der Waals surface area contributed by atoms with Gasteiger partial charge < -0.3 is 5.32 Å². The molecule has 1 N–H and O–H groups in total. The van der Waals surface area contributed by atoms with Gasteiger partial charge in [0.2, 0.25) is 0 Å². The van der Waals surface area contributed by atoms with Crippen LogP contribution in [0.15, 0.2) is 18.2 Å². The van der Waals surface area contributed by atoms with Crippen LogP contribution in [0.2, 0.25) is 5.02 Å². The lowest BCUT2D eigenvalue weighted by Gasteiger charge is -2.06. The van der Waals surface area contributed by atoms with E-state index in [1.165, 1.54) is 63.1 Å². The van der Waals surface area contributed by atoms with Crippen LogP contribution in [0.5, 0.6) is 0 Å². The molecule has 0 spiro atoms. The smallest absolute Gasteiger partial charge is 0.283 e. The van der Waals surface area contributed by atoms with Crippen LogP contribution < -0.4 is 5.32 Å². The van der Waals surface area contributed by atoms with E-state index >= 15 is 0 Å². The van der Waals surface area contributed by atoms with E-state index in [4.69, 9.17) is 11.6 Å². The van der Waals surface area contributed by atoms with Gasteiger partial charge >= 0.3 is 0 Å². The second kappa shape index (κ2) is 11.8. The lowest BCUT2D eigenvalue weighted by Crippen LogP contribution is -2.25. The lowest BCUT2D eigenvalue weighted by atomic mass is 10.1. The second-order valence-electron chi connectivity index (χ2n) is 6.00.